The SMILES string of the molecule is CC(=O)OCC=C1[C@H](F)C[C@H]2[C@@H]3C[C@H](F)C4=CC(=O)CC[C@]4(C)[C@H]3[C@@H](O)C[C@]12C. The van der Waals surface area contributed by atoms with Crippen LogP contribution in [-0.4, -0.2) is 41.9 Å². The summed E-state index contributed by atoms with van der Waals surface area (Å²) in [7, 11) is 0. The molecule has 0 aromatic carbocycles. The minimum atomic E-state index is -1.23. The Labute approximate surface area is 170 Å². The molecule has 0 aliphatic heterocycles. The molecule has 3 saturated carbocycles. The van der Waals surface area contributed by atoms with E-state index < -0.39 is 35.2 Å². The zero-order chi connectivity index (χ0) is 21.1. The maximum absolute atomic E-state index is 15.2. The van der Waals surface area contributed by atoms with Crippen molar-refractivity contribution < 1.29 is 28.2 Å². The third-order valence-corrected chi connectivity index (χ3v) is 8.31. The first kappa shape index (κ1) is 20.7. The summed E-state index contributed by atoms with van der Waals surface area (Å²) in [6.07, 6.45) is 1.82. The average Bonchev–Trinajstić information content (AvgIpc) is 2.87. The fourth-order valence-electron chi connectivity index (χ4n) is 7.12. The highest BCUT2D eigenvalue weighted by molar-refractivity contribution is 5.91. The van der Waals surface area contributed by atoms with Gasteiger partial charge in [0.15, 0.2) is 5.78 Å². The molecule has 0 radical (unpaired) electrons. The van der Waals surface area contributed by atoms with E-state index >= 15 is 8.78 Å². The van der Waals surface area contributed by atoms with E-state index in [1.807, 2.05) is 13.8 Å². The van der Waals surface area contributed by atoms with Crippen molar-refractivity contribution >= 4 is 11.8 Å². The van der Waals surface area contributed by atoms with Crippen molar-refractivity contribution in [2.24, 2.45) is 28.6 Å². The molecule has 6 heteroatoms. The second-order valence-electron chi connectivity index (χ2n) is 9.84. The summed E-state index contributed by atoms with van der Waals surface area (Å²) >= 11 is 0. The van der Waals surface area contributed by atoms with Gasteiger partial charge in [0.2, 0.25) is 0 Å². The first-order valence-corrected chi connectivity index (χ1v) is 10.6. The summed E-state index contributed by atoms with van der Waals surface area (Å²) in [5, 5.41) is 11.2. The highest BCUT2D eigenvalue weighted by Gasteiger charge is 2.64. The Balaban J connectivity index is 1.70. The Bertz CT molecular complexity index is 790. The summed E-state index contributed by atoms with van der Waals surface area (Å²) in [6.45, 7) is 5.25. The number of hydrogen-bond donors (Lipinski definition) is 1. The minimum Gasteiger partial charge on any atom is -0.462 e. The maximum atomic E-state index is 15.2. The second-order valence-corrected chi connectivity index (χ2v) is 9.84. The molecule has 0 spiro atoms. The topological polar surface area (TPSA) is 63.6 Å². The number of hydrogen-bond acceptors (Lipinski definition) is 4. The Morgan fingerprint density at radius 1 is 1.28 bits per heavy atom. The summed E-state index contributed by atoms with van der Waals surface area (Å²) in [6, 6.07) is 0. The van der Waals surface area contributed by atoms with Crippen LogP contribution in [0.25, 0.3) is 0 Å². The monoisotopic (exact) mass is 408 g/mol. The van der Waals surface area contributed by atoms with Gasteiger partial charge < -0.3 is 9.84 Å². The van der Waals surface area contributed by atoms with Gasteiger partial charge in [0.25, 0.3) is 0 Å². The molecule has 0 aromatic heterocycles. The van der Waals surface area contributed by atoms with Crippen molar-refractivity contribution in [3.63, 3.8) is 0 Å². The van der Waals surface area contributed by atoms with E-state index in [4.69, 9.17) is 4.74 Å². The van der Waals surface area contributed by atoms with Gasteiger partial charge in [-0.15, -0.1) is 0 Å². The van der Waals surface area contributed by atoms with Crippen molar-refractivity contribution in [1.29, 1.82) is 0 Å². The molecule has 4 nitrogen and oxygen atoms in total. The Kier molecular flexibility index (Phi) is 5.00. The summed E-state index contributed by atoms with van der Waals surface area (Å²) in [5.41, 5.74) is -0.0466. The van der Waals surface area contributed by atoms with Crippen molar-refractivity contribution in [2.45, 2.75) is 71.3 Å². The van der Waals surface area contributed by atoms with Gasteiger partial charge in [-0.1, -0.05) is 13.8 Å². The van der Waals surface area contributed by atoms with Crippen molar-refractivity contribution in [3.8, 4) is 0 Å². The van der Waals surface area contributed by atoms with Gasteiger partial charge >= 0.3 is 5.97 Å². The number of alkyl halides is 2. The van der Waals surface area contributed by atoms with Crippen LogP contribution < -0.4 is 0 Å². The first-order chi connectivity index (χ1) is 13.6. The van der Waals surface area contributed by atoms with Crippen molar-refractivity contribution in [2.75, 3.05) is 6.61 Å². The number of carbonyl (C=O) groups is 2. The number of ether oxygens (including phenoxy) is 1. The molecule has 0 bridgehead atoms. The van der Waals surface area contributed by atoms with Gasteiger partial charge in [0.05, 0.1) is 6.10 Å². The van der Waals surface area contributed by atoms with E-state index in [0.29, 0.717) is 36.8 Å². The third kappa shape index (κ3) is 3.09. The van der Waals surface area contributed by atoms with Crippen LogP contribution in [0.4, 0.5) is 8.78 Å². The van der Waals surface area contributed by atoms with Gasteiger partial charge in [0, 0.05) is 13.3 Å². The van der Waals surface area contributed by atoms with Crippen LogP contribution in [0.3, 0.4) is 0 Å². The average molecular weight is 408 g/mol. The number of esters is 1. The molecule has 0 saturated heterocycles. The number of rotatable bonds is 2. The molecule has 0 heterocycles. The normalized spacial score (nSPS) is 47.9. The zero-order valence-electron chi connectivity index (χ0n) is 17.3. The molecule has 29 heavy (non-hydrogen) atoms. The number of aliphatic hydroxyl groups is 1. The number of ketones is 1. The van der Waals surface area contributed by atoms with E-state index in [-0.39, 0.29) is 36.6 Å². The van der Waals surface area contributed by atoms with Crippen LogP contribution in [0.5, 0.6) is 0 Å². The third-order valence-electron chi connectivity index (χ3n) is 8.31. The summed E-state index contributed by atoms with van der Waals surface area (Å²) in [4.78, 5) is 23.0. The van der Waals surface area contributed by atoms with Gasteiger partial charge in [-0.3, -0.25) is 9.59 Å². The Morgan fingerprint density at radius 3 is 2.69 bits per heavy atom. The quantitative estimate of drug-likeness (QED) is 0.556. The van der Waals surface area contributed by atoms with Gasteiger partial charge in [-0.05, 0) is 77.6 Å². The molecular weight excluding hydrogens is 378 g/mol. The lowest BCUT2D eigenvalue weighted by Gasteiger charge is -2.59. The predicted octanol–water partition coefficient (Wildman–Crippen LogP) is 3.87. The molecular formula is C23H30F2O4. The standard InChI is InChI=1S/C23H30F2O4/c1-12(26)29-7-5-15-19(25)10-16-14-9-18(24)17-8-13(27)4-6-22(17,2)21(14)20(28)11-23(15,16)3/h5,8,14,16,18-21,28H,4,6-7,9-11H2,1-3H3/t14-,16-,18-,19+,20-,21+,22-,23+/m0/s1. The molecule has 3 fully saturated rings. The van der Waals surface area contributed by atoms with Crippen LogP contribution in [-0.2, 0) is 14.3 Å². The lowest BCUT2D eigenvalue weighted by Crippen LogP contribution is -2.58. The maximum Gasteiger partial charge on any atom is 0.302 e. The fourth-order valence-corrected chi connectivity index (χ4v) is 7.12. The molecule has 0 aromatic rings. The van der Waals surface area contributed by atoms with Gasteiger partial charge in [0.1, 0.15) is 19.0 Å². The molecule has 4 rings (SSSR count). The molecule has 4 aliphatic carbocycles. The number of allylic oxidation sites excluding steroid dienone is 2. The molecule has 160 valence electrons. The number of halogens is 2. The van der Waals surface area contributed by atoms with Crippen molar-refractivity contribution in [1.82, 2.24) is 0 Å². The van der Waals surface area contributed by atoms with Crippen LogP contribution >= 0.6 is 0 Å². The van der Waals surface area contributed by atoms with Gasteiger partial charge in [-0.25, -0.2) is 8.78 Å². The molecule has 1 N–H and O–H groups in total. The first-order valence-electron chi connectivity index (χ1n) is 10.6. The number of aliphatic hydroxyl groups excluding tert-OH is 1. The lowest BCUT2D eigenvalue weighted by atomic mass is 9.46. The second kappa shape index (κ2) is 7.00. The van der Waals surface area contributed by atoms with E-state index in [9.17, 15) is 14.7 Å². The molecule has 0 amide bonds. The smallest absolute Gasteiger partial charge is 0.302 e. The minimum absolute atomic E-state index is 0.00996. The number of fused-ring (bicyclic) bond motifs is 5. The number of carbonyl (C=O) groups excluding carboxylic acids is 2. The summed E-state index contributed by atoms with van der Waals surface area (Å²) < 4.78 is 35.3. The molecule has 8 atom stereocenters. The largest absolute Gasteiger partial charge is 0.462 e. The predicted molar refractivity (Wildman–Crippen MR) is 103 cm³/mol. The lowest BCUT2D eigenvalue weighted by molar-refractivity contribution is -0.139. The highest BCUT2D eigenvalue weighted by Crippen LogP contribution is 2.67. The van der Waals surface area contributed by atoms with E-state index in [1.165, 1.54) is 13.0 Å². The highest BCUT2D eigenvalue weighted by atomic mass is 19.1. The molecule has 0 unspecified atom stereocenters. The van der Waals surface area contributed by atoms with Gasteiger partial charge in [-0.2, -0.15) is 0 Å². The zero-order valence-corrected chi connectivity index (χ0v) is 17.3. The Morgan fingerprint density at radius 2 is 2.00 bits per heavy atom. The summed E-state index contributed by atoms with van der Waals surface area (Å²) in [5.74, 6) is -0.871. The van der Waals surface area contributed by atoms with Crippen LogP contribution in [0.1, 0.15) is 52.9 Å². The van der Waals surface area contributed by atoms with E-state index in [0.717, 1.165) is 0 Å². The van der Waals surface area contributed by atoms with Crippen LogP contribution in [0, 0.1) is 28.6 Å². The van der Waals surface area contributed by atoms with Crippen LogP contribution in [0.2, 0.25) is 0 Å². The fraction of sp³-hybridized carbons (Fsp3) is 0.739. The van der Waals surface area contributed by atoms with Crippen LogP contribution in [0.15, 0.2) is 23.3 Å². The van der Waals surface area contributed by atoms with E-state index in [1.54, 1.807) is 6.08 Å². The van der Waals surface area contributed by atoms with Crippen molar-refractivity contribution in [3.05, 3.63) is 23.3 Å². The molecule has 4 aliphatic rings. The Hall–Kier alpha value is -1.56. The van der Waals surface area contributed by atoms with E-state index in [2.05, 4.69) is 0 Å².